The van der Waals surface area contributed by atoms with Gasteiger partial charge >= 0.3 is 0 Å². The van der Waals surface area contributed by atoms with Crippen molar-refractivity contribution in [3.63, 3.8) is 0 Å². The van der Waals surface area contributed by atoms with E-state index in [0.717, 1.165) is 68.9 Å². The molecule has 1 aliphatic heterocycles. The van der Waals surface area contributed by atoms with Gasteiger partial charge < -0.3 is 14.6 Å². The van der Waals surface area contributed by atoms with E-state index in [1.54, 1.807) is 0 Å². The highest BCUT2D eigenvalue weighted by Crippen LogP contribution is 2.25. The van der Waals surface area contributed by atoms with Crippen LogP contribution in [-0.4, -0.2) is 63.7 Å². The predicted molar refractivity (Wildman–Crippen MR) is 90.7 cm³/mol. The number of piperazine rings is 1. The molecule has 0 radical (unpaired) electrons. The maximum Gasteiger partial charge on any atom is 0.255 e. The van der Waals surface area contributed by atoms with Crippen molar-refractivity contribution in [1.29, 1.82) is 0 Å². The second-order valence-corrected chi connectivity index (χ2v) is 6.92. The fourth-order valence-electron chi connectivity index (χ4n) is 4.28. The molecule has 2 heterocycles. The first-order chi connectivity index (χ1) is 11.0. The van der Waals surface area contributed by atoms with E-state index in [1.165, 1.54) is 0 Å². The number of carbonyl (C=O) groups excluding carboxylic acids is 1. The molecule has 23 heavy (non-hydrogen) atoms. The van der Waals surface area contributed by atoms with Crippen molar-refractivity contribution in [3.05, 3.63) is 23.0 Å². The molecule has 3 rings (SSSR count). The minimum absolute atomic E-state index is 0.157. The molecule has 0 aromatic carbocycles. The van der Waals surface area contributed by atoms with Crippen LogP contribution < -0.4 is 0 Å². The lowest BCUT2D eigenvalue weighted by atomic mass is 10.1. The van der Waals surface area contributed by atoms with Gasteiger partial charge in [-0.25, -0.2) is 0 Å². The quantitative estimate of drug-likeness (QED) is 0.924. The van der Waals surface area contributed by atoms with Crippen LogP contribution in [0.1, 0.15) is 47.9 Å². The molecule has 1 N–H and O–H groups in total. The van der Waals surface area contributed by atoms with Crippen molar-refractivity contribution in [2.45, 2.75) is 58.7 Å². The zero-order valence-corrected chi connectivity index (χ0v) is 14.6. The van der Waals surface area contributed by atoms with Gasteiger partial charge in [0.2, 0.25) is 0 Å². The van der Waals surface area contributed by atoms with Gasteiger partial charge in [0, 0.05) is 50.2 Å². The summed E-state index contributed by atoms with van der Waals surface area (Å²) in [4.78, 5) is 17.2. The van der Waals surface area contributed by atoms with Gasteiger partial charge in [0.05, 0.1) is 11.7 Å². The Bertz CT molecular complexity index is 573. The number of aryl methyl sites for hydroxylation is 1. The first-order valence-corrected chi connectivity index (χ1v) is 8.91. The molecule has 0 bridgehead atoms. The van der Waals surface area contributed by atoms with Crippen molar-refractivity contribution in [2.75, 3.05) is 26.2 Å². The van der Waals surface area contributed by atoms with Crippen molar-refractivity contribution in [3.8, 4) is 0 Å². The van der Waals surface area contributed by atoms with Crippen molar-refractivity contribution >= 4 is 5.91 Å². The van der Waals surface area contributed by atoms with Gasteiger partial charge in [0.1, 0.15) is 0 Å². The lowest BCUT2D eigenvalue weighted by Gasteiger charge is -2.39. The smallest absolute Gasteiger partial charge is 0.255 e. The maximum absolute atomic E-state index is 12.8. The molecule has 1 amide bonds. The summed E-state index contributed by atoms with van der Waals surface area (Å²) in [6, 6.07) is 2.33. The fourth-order valence-corrected chi connectivity index (χ4v) is 4.28. The molecule has 1 aromatic heterocycles. The van der Waals surface area contributed by atoms with Crippen LogP contribution in [0.4, 0.5) is 0 Å². The molecule has 0 unspecified atom stereocenters. The highest BCUT2D eigenvalue weighted by Gasteiger charge is 2.33. The minimum Gasteiger partial charge on any atom is -0.391 e. The average Bonchev–Trinajstić information content (AvgIpc) is 3.10. The van der Waals surface area contributed by atoms with Crippen molar-refractivity contribution in [1.82, 2.24) is 14.4 Å². The molecule has 1 aromatic rings. The highest BCUT2D eigenvalue weighted by molar-refractivity contribution is 5.95. The number of aliphatic hydroxyl groups is 1. The van der Waals surface area contributed by atoms with Crippen LogP contribution >= 0.6 is 0 Å². The Morgan fingerprint density at radius 2 is 1.91 bits per heavy atom. The monoisotopic (exact) mass is 319 g/mol. The third kappa shape index (κ3) is 3.04. The summed E-state index contributed by atoms with van der Waals surface area (Å²) in [6.07, 6.45) is 2.95. The summed E-state index contributed by atoms with van der Waals surface area (Å²) in [6.45, 7) is 10.4. The Hall–Kier alpha value is -1.33. The maximum atomic E-state index is 12.8. The molecular formula is C18H29N3O2. The topological polar surface area (TPSA) is 48.7 Å². The number of amides is 1. The van der Waals surface area contributed by atoms with Crippen molar-refractivity contribution in [2.24, 2.45) is 0 Å². The van der Waals surface area contributed by atoms with E-state index in [0.29, 0.717) is 6.04 Å². The Balaban J connectivity index is 1.64. The third-order valence-electron chi connectivity index (χ3n) is 5.63. The zero-order valence-electron chi connectivity index (χ0n) is 14.6. The fraction of sp³-hybridized carbons (Fsp3) is 0.722. The van der Waals surface area contributed by atoms with E-state index >= 15 is 0 Å². The number of carbonyl (C=O) groups is 1. The van der Waals surface area contributed by atoms with Crippen LogP contribution in [0, 0.1) is 13.8 Å². The van der Waals surface area contributed by atoms with Gasteiger partial charge in [-0.3, -0.25) is 9.69 Å². The highest BCUT2D eigenvalue weighted by atomic mass is 16.3. The van der Waals surface area contributed by atoms with E-state index in [1.807, 2.05) is 17.9 Å². The Morgan fingerprint density at radius 3 is 2.43 bits per heavy atom. The molecule has 1 saturated carbocycles. The third-order valence-corrected chi connectivity index (χ3v) is 5.63. The lowest BCUT2D eigenvalue weighted by Crippen LogP contribution is -2.53. The SMILES string of the molecule is CCn1c(C)cc(C(=O)N2CCN([C@@H]3CCC[C@H]3O)CC2)c1C. The summed E-state index contributed by atoms with van der Waals surface area (Å²) in [5, 5.41) is 10.1. The number of nitrogens with zero attached hydrogens (tertiary/aromatic N) is 3. The molecule has 2 aliphatic rings. The Labute approximate surface area is 138 Å². The standard InChI is InChI=1S/C18H29N3O2/c1-4-21-13(2)12-15(14(21)3)18(23)20-10-8-19(9-11-20)16-6-5-7-17(16)22/h12,16-17,22H,4-11H2,1-3H3/t16-,17-/m1/s1. The molecule has 5 nitrogen and oxygen atoms in total. The Kier molecular flexibility index (Phi) is 4.78. The number of rotatable bonds is 3. The largest absolute Gasteiger partial charge is 0.391 e. The number of hydrogen-bond donors (Lipinski definition) is 1. The molecule has 1 saturated heterocycles. The number of aliphatic hydroxyl groups excluding tert-OH is 1. The molecule has 5 heteroatoms. The minimum atomic E-state index is -0.180. The summed E-state index contributed by atoms with van der Waals surface area (Å²) in [7, 11) is 0. The second-order valence-electron chi connectivity index (χ2n) is 6.92. The summed E-state index contributed by atoms with van der Waals surface area (Å²) in [5.74, 6) is 0.157. The van der Waals surface area contributed by atoms with Crippen LogP contribution in [-0.2, 0) is 6.54 Å². The lowest BCUT2D eigenvalue weighted by molar-refractivity contribution is 0.0315. The van der Waals surface area contributed by atoms with Crippen LogP contribution in [0.15, 0.2) is 6.07 Å². The Morgan fingerprint density at radius 1 is 1.22 bits per heavy atom. The summed E-state index contributed by atoms with van der Waals surface area (Å²) in [5.41, 5.74) is 3.07. The van der Waals surface area contributed by atoms with Gasteiger partial charge in [-0.1, -0.05) is 0 Å². The molecular weight excluding hydrogens is 290 g/mol. The summed E-state index contributed by atoms with van der Waals surface area (Å²) < 4.78 is 2.19. The molecule has 2 atom stereocenters. The first kappa shape index (κ1) is 16.5. The second kappa shape index (κ2) is 6.65. The molecule has 1 aliphatic carbocycles. The van der Waals surface area contributed by atoms with E-state index in [4.69, 9.17) is 0 Å². The van der Waals surface area contributed by atoms with Crippen LogP contribution in [0.5, 0.6) is 0 Å². The summed E-state index contributed by atoms with van der Waals surface area (Å²) >= 11 is 0. The number of aromatic nitrogens is 1. The number of hydrogen-bond acceptors (Lipinski definition) is 3. The van der Waals surface area contributed by atoms with E-state index in [2.05, 4.69) is 23.3 Å². The van der Waals surface area contributed by atoms with Gasteiger partial charge in [-0.05, 0) is 46.1 Å². The van der Waals surface area contributed by atoms with Gasteiger partial charge in [-0.15, -0.1) is 0 Å². The average molecular weight is 319 g/mol. The van der Waals surface area contributed by atoms with Crippen LogP contribution in [0.25, 0.3) is 0 Å². The molecule has 128 valence electrons. The zero-order chi connectivity index (χ0) is 16.6. The predicted octanol–water partition coefficient (Wildman–Crippen LogP) is 1.80. The first-order valence-electron chi connectivity index (χ1n) is 8.91. The van der Waals surface area contributed by atoms with Crippen LogP contribution in [0.3, 0.4) is 0 Å². The van der Waals surface area contributed by atoms with E-state index in [9.17, 15) is 9.90 Å². The van der Waals surface area contributed by atoms with E-state index < -0.39 is 0 Å². The van der Waals surface area contributed by atoms with Gasteiger partial charge in [-0.2, -0.15) is 0 Å². The molecule has 2 fully saturated rings. The van der Waals surface area contributed by atoms with E-state index in [-0.39, 0.29) is 12.0 Å². The van der Waals surface area contributed by atoms with Crippen molar-refractivity contribution < 1.29 is 9.90 Å². The van der Waals surface area contributed by atoms with Gasteiger partial charge in [0.25, 0.3) is 5.91 Å². The molecule has 0 spiro atoms. The normalized spacial score (nSPS) is 26.0. The van der Waals surface area contributed by atoms with Gasteiger partial charge in [0.15, 0.2) is 0 Å². The van der Waals surface area contributed by atoms with Crippen LogP contribution in [0.2, 0.25) is 0 Å².